The summed E-state index contributed by atoms with van der Waals surface area (Å²) in [5.41, 5.74) is 4.08. The van der Waals surface area contributed by atoms with E-state index in [0.29, 0.717) is 49.7 Å². The third-order valence-corrected chi connectivity index (χ3v) is 8.86. The average molecular weight is 612 g/mol. The van der Waals surface area contributed by atoms with Crippen LogP contribution < -0.4 is 10.0 Å². The van der Waals surface area contributed by atoms with Crippen molar-refractivity contribution in [3.63, 3.8) is 0 Å². The zero-order chi connectivity index (χ0) is 30.7. The van der Waals surface area contributed by atoms with Crippen LogP contribution in [-0.2, 0) is 10.0 Å². The fourth-order valence-electron chi connectivity index (χ4n) is 5.37. The van der Waals surface area contributed by atoms with Gasteiger partial charge < -0.3 is 9.73 Å². The van der Waals surface area contributed by atoms with E-state index in [1.807, 2.05) is 0 Å². The van der Waals surface area contributed by atoms with Crippen molar-refractivity contribution in [2.75, 3.05) is 17.5 Å². The molecule has 0 unspecified atom stereocenters. The molecule has 0 spiro atoms. The Hall–Kier alpha value is -5.36. The van der Waals surface area contributed by atoms with Crippen molar-refractivity contribution in [1.82, 2.24) is 19.7 Å². The van der Waals surface area contributed by atoms with E-state index in [9.17, 15) is 22.0 Å². The molecule has 12 heteroatoms. The summed E-state index contributed by atoms with van der Waals surface area (Å²) >= 11 is 0. The van der Waals surface area contributed by atoms with Gasteiger partial charge >= 0.3 is 0 Å². The minimum absolute atomic E-state index is 0.181. The van der Waals surface area contributed by atoms with E-state index in [2.05, 4.69) is 15.0 Å². The number of hydrogen-bond donors (Lipinski definition) is 2. The Kier molecular flexibility index (Phi) is 6.32. The van der Waals surface area contributed by atoms with Crippen molar-refractivity contribution in [3.8, 4) is 22.6 Å². The third kappa shape index (κ3) is 4.42. The Morgan fingerprint density at radius 3 is 2.52 bits per heavy atom. The summed E-state index contributed by atoms with van der Waals surface area (Å²) in [6.07, 6.45) is 1.60. The van der Waals surface area contributed by atoms with Gasteiger partial charge in [-0.2, -0.15) is 0 Å². The molecule has 44 heavy (non-hydrogen) atoms. The molecule has 0 saturated heterocycles. The highest BCUT2D eigenvalue weighted by molar-refractivity contribution is 7.92. The molecule has 0 bridgehead atoms. The number of carbonyl (C=O) groups excluding carboxylic acids is 1. The van der Waals surface area contributed by atoms with E-state index in [1.54, 1.807) is 47.1 Å². The number of benzene rings is 3. The molecule has 0 radical (unpaired) electrons. The van der Waals surface area contributed by atoms with Crippen LogP contribution in [0.5, 0.6) is 0 Å². The number of amides is 1. The molecule has 4 heterocycles. The first kappa shape index (κ1) is 27.5. The van der Waals surface area contributed by atoms with E-state index >= 15 is 0 Å². The zero-order valence-corrected chi connectivity index (χ0v) is 24.2. The minimum atomic E-state index is -3.75. The largest absolute Gasteiger partial charge is 0.455 e. The number of pyridine rings is 1. The van der Waals surface area contributed by atoms with E-state index in [1.165, 1.54) is 50.4 Å². The number of nitrogens with one attached hydrogen (secondary N) is 2. The number of fused-ring (bicyclic) bond motifs is 6. The van der Waals surface area contributed by atoms with Crippen LogP contribution in [0.1, 0.15) is 17.3 Å². The van der Waals surface area contributed by atoms with Crippen molar-refractivity contribution in [1.29, 1.82) is 0 Å². The molecule has 7 rings (SSSR count). The van der Waals surface area contributed by atoms with Crippen LogP contribution in [0, 0.1) is 11.6 Å². The lowest BCUT2D eigenvalue weighted by Crippen LogP contribution is -2.18. The second-order valence-corrected chi connectivity index (χ2v) is 12.2. The van der Waals surface area contributed by atoms with Gasteiger partial charge in [0, 0.05) is 35.0 Å². The summed E-state index contributed by atoms with van der Waals surface area (Å²) in [6.45, 7) is 1.51. The van der Waals surface area contributed by atoms with Crippen LogP contribution in [0.25, 0.3) is 61.0 Å². The smallest absolute Gasteiger partial charge is 0.255 e. The fraction of sp³-hybridized carbons (Fsp3) is 0.0938. The number of hydrogen-bond acceptors (Lipinski definition) is 6. The van der Waals surface area contributed by atoms with Crippen LogP contribution in [0.2, 0.25) is 0 Å². The summed E-state index contributed by atoms with van der Waals surface area (Å²) in [4.78, 5) is 22.6. The van der Waals surface area contributed by atoms with Crippen LogP contribution in [0.4, 0.5) is 14.5 Å². The lowest BCUT2D eigenvalue weighted by molar-refractivity contribution is 0.0964. The van der Waals surface area contributed by atoms with Gasteiger partial charge in [0.25, 0.3) is 5.91 Å². The highest BCUT2D eigenvalue weighted by Gasteiger charge is 2.25. The molecule has 4 aromatic heterocycles. The summed E-state index contributed by atoms with van der Waals surface area (Å²) < 4.78 is 64.4. The van der Waals surface area contributed by atoms with E-state index < -0.39 is 21.7 Å². The summed E-state index contributed by atoms with van der Waals surface area (Å²) in [5, 5.41) is 3.43. The molecule has 0 aliphatic rings. The number of anilines is 1. The molecule has 2 N–H and O–H groups in total. The second-order valence-electron chi connectivity index (χ2n) is 10.2. The van der Waals surface area contributed by atoms with Crippen LogP contribution in [0.3, 0.4) is 0 Å². The van der Waals surface area contributed by atoms with Gasteiger partial charge in [-0.3, -0.25) is 13.9 Å². The van der Waals surface area contributed by atoms with Gasteiger partial charge in [-0.05, 0) is 67.6 Å². The highest BCUT2D eigenvalue weighted by Crippen LogP contribution is 2.40. The molecular formula is C32H23F2N5O4S. The second kappa shape index (κ2) is 10.1. The predicted octanol–water partition coefficient (Wildman–Crippen LogP) is 6.52. The maximum Gasteiger partial charge on any atom is 0.255 e. The van der Waals surface area contributed by atoms with Gasteiger partial charge in [0.05, 0.1) is 39.2 Å². The minimum Gasteiger partial charge on any atom is -0.455 e. The Morgan fingerprint density at radius 1 is 0.977 bits per heavy atom. The van der Waals surface area contributed by atoms with Crippen LogP contribution >= 0.6 is 0 Å². The molecule has 7 aromatic rings. The number of carbonyl (C=O) groups is 1. The average Bonchev–Trinajstić information content (AvgIpc) is 3.60. The summed E-state index contributed by atoms with van der Waals surface area (Å²) in [6, 6.07) is 18.6. The predicted molar refractivity (Wildman–Crippen MR) is 165 cm³/mol. The number of furan rings is 1. The Morgan fingerprint density at radius 2 is 1.77 bits per heavy atom. The molecule has 9 nitrogen and oxygen atoms in total. The first-order valence-electron chi connectivity index (χ1n) is 13.6. The molecule has 220 valence electrons. The lowest BCUT2D eigenvalue weighted by Gasteiger charge is -2.13. The maximum absolute atomic E-state index is 14.7. The van der Waals surface area contributed by atoms with Crippen molar-refractivity contribution in [2.24, 2.45) is 0 Å². The van der Waals surface area contributed by atoms with E-state index in [4.69, 9.17) is 9.40 Å². The Labute approximate surface area is 249 Å². The van der Waals surface area contributed by atoms with Gasteiger partial charge in [-0.1, -0.05) is 6.07 Å². The van der Waals surface area contributed by atoms with Crippen molar-refractivity contribution >= 4 is 60.0 Å². The van der Waals surface area contributed by atoms with Crippen molar-refractivity contribution < 1.29 is 26.4 Å². The summed E-state index contributed by atoms with van der Waals surface area (Å²) in [7, 11) is -2.27. The van der Waals surface area contributed by atoms with Crippen LogP contribution in [-0.4, -0.2) is 41.5 Å². The fourth-order valence-corrected chi connectivity index (χ4v) is 6.02. The van der Waals surface area contributed by atoms with Crippen LogP contribution in [0.15, 0.2) is 83.5 Å². The van der Waals surface area contributed by atoms with Crippen molar-refractivity contribution in [3.05, 3.63) is 96.3 Å². The number of rotatable bonds is 6. The monoisotopic (exact) mass is 611 g/mol. The van der Waals surface area contributed by atoms with Gasteiger partial charge in [0.15, 0.2) is 0 Å². The standard InChI is InChI=1S/C32H23F2N5O4S/c1-3-44(41,42)38-25-15-28-21(29(32(40)35-2)31(43-28)17-7-9-18(33)10-8-17)13-20(25)23-11-12-24-30(37-23)27-14-19-22(34)5-4-6-26(19)39(27)16-36-24/h4-16,38H,3H2,1-2H3,(H,35,40). The topological polar surface area (TPSA) is 119 Å². The number of aromatic nitrogens is 3. The molecule has 0 fully saturated rings. The number of halogens is 2. The molecule has 0 saturated carbocycles. The van der Waals surface area contributed by atoms with Gasteiger partial charge in [0.1, 0.15) is 34.8 Å². The normalized spacial score (nSPS) is 12.0. The number of nitrogens with zero attached hydrogens (tertiary/aromatic N) is 3. The molecule has 1 amide bonds. The molecule has 3 aromatic carbocycles. The molecule has 0 atom stereocenters. The van der Waals surface area contributed by atoms with E-state index in [0.717, 1.165) is 0 Å². The molecule has 0 aliphatic heterocycles. The molecule has 0 aliphatic carbocycles. The summed E-state index contributed by atoms with van der Waals surface area (Å²) in [5.74, 6) is -1.27. The quantitative estimate of drug-likeness (QED) is 0.221. The van der Waals surface area contributed by atoms with Crippen molar-refractivity contribution in [2.45, 2.75) is 6.92 Å². The zero-order valence-electron chi connectivity index (χ0n) is 23.4. The lowest BCUT2D eigenvalue weighted by atomic mass is 10.0. The highest BCUT2D eigenvalue weighted by atomic mass is 32.2. The van der Waals surface area contributed by atoms with Gasteiger partial charge in [0.2, 0.25) is 10.0 Å². The SMILES string of the molecule is CCS(=O)(=O)Nc1cc2oc(-c3ccc(F)cc3)c(C(=O)NC)c2cc1-c1ccc2ncn3c4cccc(F)c4cc3c2n1. The Bertz CT molecular complexity index is 2400. The van der Waals surface area contributed by atoms with E-state index in [-0.39, 0.29) is 34.2 Å². The van der Waals surface area contributed by atoms with Gasteiger partial charge in [-0.15, -0.1) is 0 Å². The first-order valence-corrected chi connectivity index (χ1v) is 15.3. The number of sulfonamides is 1. The Balaban J connectivity index is 1.52. The molecular weight excluding hydrogens is 588 g/mol. The first-order chi connectivity index (χ1) is 21.2. The van der Waals surface area contributed by atoms with Gasteiger partial charge in [-0.25, -0.2) is 27.2 Å². The maximum atomic E-state index is 14.7. The third-order valence-electron chi connectivity index (χ3n) is 7.57.